The van der Waals surface area contributed by atoms with Crippen molar-refractivity contribution in [2.75, 3.05) is 30.3 Å². The topological polar surface area (TPSA) is 96.0 Å². The van der Waals surface area contributed by atoms with Crippen LogP contribution in [0.2, 0.25) is 5.02 Å². The summed E-state index contributed by atoms with van der Waals surface area (Å²) in [5.41, 5.74) is 1.34. The fourth-order valence-corrected chi connectivity index (χ4v) is 4.79. The largest absolute Gasteiger partial charge is 0.494 e. The first-order chi connectivity index (χ1) is 17.4. The first-order valence-electron chi connectivity index (χ1n) is 12.4. The van der Waals surface area contributed by atoms with Crippen LogP contribution in [0, 0.1) is 5.92 Å². The van der Waals surface area contributed by atoms with E-state index in [1.54, 1.807) is 43.3 Å². The molecule has 0 aliphatic carbocycles. The average Bonchev–Trinajstić information content (AvgIpc) is 2.84. The second-order valence-electron chi connectivity index (χ2n) is 9.33. The Balaban J connectivity index is 2.14. The Labute approximate surface area is 226 Å². The van der Waals surface area contributed by atoms with E-state index >= 15 is 0 Å². The maximum Gasteiger partial charge on any atom is 0.242 e. The van der Waals surface area contributed by atoms with Gasteiger partial charge in [0.25, 0.3) is 0 Å². The van der Waals surface area contributed by atoms with Gasteiger partial charge in [-0.3, -0.25) is 13.9 Å². The molecule has 2 aromatic rings. The highest BCUT2D eigenvalue weighted by Crippen LogP contribution is 2.23. The Bertz CT molecular complexity index is 1120. The zero-order valence-electron chi connectivity index (χ0n) is 22.2. The molecule has 0 fully saturated rings. The third-order valence-electron chi connectivity index (χ3n) is 5.71. The lowest BCUT2D eigenvalue weighted by Crippen LogP contribution is -2.48. The van der Waals surface area contributed by atoms with E-state index in [1.807, 2.05) is 32.9 Å². The minimum atomic E-state index is -3.57. The van der Waals surface area contributed by atoms with Gasteiger partial charge in [-0.25, -0.2) is 8.42 Å². The summed E-state index contributed by atoms with van der Waals surface area (Å²) in [5, 5.41) is 3.47. The zero-order chi connectivity index (χ0) is 27.6. The summed E-state index contributed by atoms with van der Waals surface area (Å²) in [6.45, 7) is 8.96. The standard InChI is InChI=1S/C27H38ClN3O5S/c1-6-36-25-15-13-24(14-16-25)31(37(5,34)35)17-7-8-26(32)30(19-22-9-11-23(28)12-10-22)21(4)27(33)29-18-20(2)3/h9-16,20-21H,6-8,17-19H2,1-5H3,(H,29,33)/t21-/m0/s1. The van der Waals surface area contributed by atoms with Crippen LogP contribution < -0.4 is 14.4 Å². The van der Waals surface area contributed by atoms with E-state index in [2.05, 4.69) is 5.32 Å². The number of amides is 2. The van der Waals surface area contributed by atoms with Crippen LogP contribution in [0.3, 0.4) is 0 Å². The number of sulfonamides is 1. The Kier molecular flexibility index (Phi) is 11.7. The van der Waals surface area contributed by atoms with Crippen LogP contribution in [-0.2, 0) is 26.2 Å². The number of benzene rings is 2. The number of anilines is 1. The number of carbonyl (C=O) groups is 2. The lowest BCUT2D eigenvalue weighted by molar-refractivity contribution is -0.140. The van der Waals surface area contributed by atoms with Gasteiger partial charge in [-0.1, -0.05) is 37.6 Å². The van der Waals surface area contributed by atoms with Crippen molar-refractivity contribution in [3.8, 4) is 5.75 Å². The molecule has 0 aliphatic heterocycles. The molecule has 0 aliphatic rings. The summed E-state index contributed by atoms with van der Waals surface area (Å²) in [7, 11) is -3.57. The van der Waals surface area contributed by atoms with Gasteiger partial charge in [0, 0.05) is 31.1 Å². The van der Waals surface area contributed by atoms with E-state index < -0.39 is 16.1 Å². The summed E-state index contributed by atoms with van der Waals surface area (Å²) >= 11 is 6.00. The number of nitrogens with zero attached hydrogens (tertiary/aromatic N) is 2. The Morgan fingerprint density at radius 2 is 1.65 bits per heavy atom. The van der Waals surface area contributed by atoms with Crippen molar-refractivity contribution in [1.29, 1.82) is 0 Å². The van der Waals surface area contributed by atoms with Crippen LogP contribution in [0.4, 0.5) is 5.69 Å². The van der Waals surface area contributed by atoms with Gasteiger partial charge in [0.05, 0.1) is 18.6 Å². The van der Waals surface area contributed by atoms with Crippen molar-refractivity contribution in [1.82, 2.24) is 10.2 Å². The number of rotatable bonds is 14. The fourth-order valence-electron chi connectivity index (χ4n) is 3.70. The lowest BCUT2D eigenvalue weighted by atomic mass is 10.1. The molecule has 0 saturated carbocycles. The summed E-state index contributed by atoms with van der Waals surface area (Å²) in [5.74, 6) is 0.462. The van der Waals surface area contributed by atoms with E-state index in [9.17, 15) is 18.0 Å². The monoisotopic (exact) mass is 551 g/mol. The van der Waals surface area contributed by atoms with Gasteiger partial charge < -0.3 is 15.0 Å². The van der Waals surface area contributed by atoms with Crippen molar-refractivity contribution in [2.45, 2.75) is 53.1 Å². The molecule has 0 radical (unpaired) electrons. The molecule has 10 heteroatoms. The van der Waals surface area contributed by atoms with Crippen molar-refractivity contribution >= 4 is 39.1 Å². The molecule has 0 bridgehead atoms. The summed E-state index contributed by atoms with van der Waals surface area (Å²) in [6.07, 6.45) is 1.51. The van der Waals surface area contributed by atoms with Crippen molar-refractivity contribution in [3.05, 3.63) is 59.1 Å². The van der Waals surface area contributed by atoms with Gasteiger partial charge in [-0.05, 0) is 68.1 Å². The maximum atomic E-state index is 13.3. The summed E-state index contributed by atoms with van der Waals surface area (Å²) in [6, 6.07) is 13.2. The number of carbonyl (C=O) groups excluding carboxylic acids is 2. The predicted molar refractivity (Wildman–Crippen MR) is 148 cm³/mol. The Morgan fingerprint density at radius 1 is 1.03 bits per heavy atom. The molecule has 0 heterocycles. The second-order valence-corrected chi connectivity index (χ2v) is 11.7. The van der Waals surface area contributed by atoms with Gasteiger partial charge in [0.1, 0.15) is 11.8 Å². The molecule has 1 atom stereocenters. The molecule has 0 unspecified atom stereocenters. The van der Waals surface area contributed by atoms with Gasteiger partial charge in [-0.15, -0.1) is 0 Å². The molecular formula is C27H38ClN3O5S. The number of hydrogen-bond donors (Lipinski definition) is 1. The minimum Gasteiger partial charge on any atom is -0.494 e. The van der Waals surface area contributed by atoms with E-state index in [0.717, 1.165) is 11.8 Å². The van der Waals surface area contributed by atoms with E-state index in [-0.39, 0.29) is 43.7 Å². The highest BCUT2D eigenvalue weighted by atomic mass is 35.5. The predicted octanol–water partition coefficient (Wildman–Crippen LogP) is 4.47. The normalized spacial score (nSPS) is 12.2. The first kappa shape index (κ1) is 30.4. The molecule has 0 spiro atoms. The Hall–Kier alpha value is -2.78. The van der Waals surface area contributed by atoms with Gasteiger partial charge in [-0.2, -0.15) is 0 Å². The van der Waals surface area contributed by atoms with Gasteiger partial charge in [0.2, 0.25) is 21.8 Å². The smallest absolute Gasteiger partial charge is 0.242 e. The molecule has 2 rings (SSSR count). The SMILES string of the molecule is CCOc1ccc(N(CCCC(=O)N(Cc2ccc(Cl)cc2)[C@@H](C)C(=O)NCC(C)C)S(C)(=O)=O)cc1. The molecule has 37 heavy (non-hydrogen) atoms. The van der Waals surface area contributed by atoms with Crippen LogP contribution in [0.25, 0.3) is 0 Å². The summed E-state index contributed by atoms with van der Waals surface area (Å²) < 4.78 is 31.7. The molecule has 204 valence electrons. The minimum absolute atomic E-state index is 0.0818. The second kappa shape index (κ2) is 14.2. The first-order valence-corrected chi connectivity index (χ1v) is 14.7. The highest BCUT2D eigenvalue weighted by molar-refractivity contribution is 7.92. The maximum absolute atomic E-state index is 13.3. The summed E-state index contributed by atoms with van der Waals surface area (Å²) in [4.78, 5) is 27.6. The van der Waals surface area contributed by atoms with Gasteiger partial charge >= 0.3 is 0 Å². The molecule has 8 nitrogen and oxygen atoms in total. The van der Waals surface area contributed by atoms with Crippen LogP contribution in [-0.4, -0.2) is 57.1 Å². The van der Waals surface area contributed by atoms with Crippen LogP contribution >= 0.6 is 11.6 Å². The van der Waals surface area contributed by atoms with Crippen LogP contribution in [0.5, 0.6) is 5.75 Å². The molecular weight excluding hydrogens is 514 g/mol. The molecule has 0 saturated heterocycles. The zero-order valence-corrected chi connectivity index (χ0v) is 23.8. The number of ether oxygens (including phenoxy) is 1. The van der Waals surface area contributed by atoms with Crippen molar-refractivity contribution in [3.63, 3.8) is 0 Å². The van der Waals surface area contributed by atoms with E-state index in [4.69, 9.17) is 16.3 Å². The lowest BCUT2D eigenvalue weighted by Gasteiger charge is -2.29. The van der Waals surface area contributed by atoms with Crippen LogP contribution in [0.15, 0.2) is 48.5 Å². The molecule has 1 N–H and O–H groups in total. The van der Waals surface area contributed by atoms with E-state index in [1.165, 1.54) is 9.21 Å². The third-order valence-corrected chi connectivity index (χ3v) is 7.15. The highest BCUT2D eigenvalue weighted by Gasteiger charge is 2.26. The number of nitrogens with one attached hydrogen (secondary N) is 1. The molecule has 2 aromatic carbocycles. The average molecular weight is 552 g/mol. The quantitative estimate of drug-likeness (QED) is 0.373. The number of hydrogen-bond acceptors (Lipinski definition) is 5. The van der Waals surface area contributed by atoms with Crippen molar-refractivity contribution in [2.24, 2.45) is 5.92 Å². The molecule has 0 aromatic heterocycles. The Morgan fingerprint density at radius 3 is 2.19 bits per heavy atom. The van der Waals surface area contributed by atoms with E-state index in [0.29, 0.717) is 29.6 Å². The van der Waals surface area contributed by atoms with Gasteiger partial charge in [0.15, 0.2) is 0 Å². The number of halogens is 1. The van der Waals surface area contributed by atoms with Crippen molar-refractivity contribution < 1.29 is 22.7 Å². The third kappa shape index (κ3) is 9.89. The van der Waals surface area contributed by atoms with Crippen LogP contribution in [0.1, 0.15) is 46.1 Å². The molecule has 2 amide bonds. The fraction of sp³-hybridized carbons (Fsp3) is 0.481.